The van der Waals surface area contributed by atoms with Crippen molar-refractivity contribution in [2.75, 3.05) is 6.61 Å². The molecule has 0 fully saturated rings. The fourth-order valence-corrected chi connectivity index (χ4v) is 3.52. The average Bonchev–Trinajstić information content (AvgIpc) is 2.89. The summed E-state index contributed by atoms with van der Waals surface area (Å²) in [5.74, 6) is 1.57. The van der Waals surface area contributed by atoms with E-state index in [1.54, 1.807) is 17.8 Å². The first-order chi connectivity index (χ1) is 10.7. The van der Waals surface area contributed by atoms with Gasteiger partial charge in [-0.25, -0.2) is 4.98 Å². The molecule has 1 aromatic heterocycles. The fourth-order valence-electron chi connectivity index (χ4n) is 2.07. The van der Waals surface area contributed by atoms with Crippen LogP contribution in [0.25, 0.3) is 11.0 Å². The molecule has 0 aliphatic rings. The maximum atomic E-state index is 6.19. The molecule has 1 heterocycles. The zero-order valence-corrected chi connectivity index (χ0v) is 14.2. The average molecular weight is 353 g/mol. The number of nitrogens with one attached hydrogen (secondary N) is 1. The van der Waals surface area contributed by atoms with Gasteiger partial charge in [-0.3, -0.25) is 0 Å². The van der Waals surface area contributed by atoms with Crippen molar-refractivity contribution in [3.8, 4) is 5.75 Å². The predicted molar refractivity (Wildman–Crippen MR) is 93.3 cm³/mol. The van der Waals surface area contributed by atoms with Crippen LogP contribution in [-0.4, -0.2) is 16.6 Å². The number of rotatable bonds is 5. The fraction of sp³-hybridized carbons (Fsp3) is 0.188. The minimum absolute atomic E-state index is 0.644. The van der Waals surface area contributed by atoms with Crippen molar-refractivity contribution in [3.05, 3.63) is 52.0 Å². The Kier molecular flexibility index (Phi) is 4.81. The lowest BCUT2D eigenvalue weighted by atomic mass is 10.2. The molecule has 3 rings (SSSR count). The first kappa shape index (κ1) is 15.5. The summed E-state index contributed by atoms with van der Waals surface area (Å²) < 4.78 is 5.49. The van der Waals surface area contributed by atoms with Crippen molar-refractivity contribution in [1.82, 2.24) is 9.97 Å². The van der Waals surface area contributed by atoms with Crippen LogP contribution in [0.2, 0.25) is 10.0 Å². The number of nitrogens with zero attached hydrogens (tertiary/aromatic N) is 1. The van der Waals surface area contributed by atoms with E-state index in [2.05, 4.69) is 9.97 Å². The van der Waals surface area contributed by atoms with Gasteiger partial charge in [0, 0.05) is 21.9 Å². The maximum absolute atomic E-state index is 6.19. The number of hydrogen-bond donors (Lipinski definition) is 1. The summed E-state index contributed by atoms with van der Waals surface area (Å²) in [5.41, 5.74) is 2.93. The number of ether oxygens (including phenoxy) is 1. The summed E-state index contributed by atoms with van der Waals surface area (Å²) >= 11 is 13.7. The van der Waals surface area contributed by atoms with E-state index in [1.807, 2.05) is 37.3 Å². The smallest absolute Gasteiger partial charge is 0.166 e. The van der Waals surface area contributed by atoms with Gasteiger partial charge in [-0.1, -0.05) is 41.0 Å². The van der Waals surface area contributed by atoms with Gasteiger partial charge in [0.1, 0.15) is 5.75 Å². The normalized spacial score (nSPS) is 11.0. The number of hydrogen-bond acceptors (Lipinski definition) is 3. The van der Waals surface area contributed by atoms with Crippen LogP contribution < -0.4 is 4.74 Å². The lowest BCUT2D eigenvalue weighted by Gasteiger charge is -2.02. The van der Waals surface area contributed by atoms with Gasteiger partial charge in [-0.15, -0.1) is 0 Å². The summed E-state index contributed by atoms with van der Waals surface area (Å²) in [7, 11) is 0. The van der Waals surface area contributed by atoms with Gasteiger partial charge in [0.2, 0.25) is 0 Å². The summed E-state index contributed by atoms with van der Waals surface area (Å²) in [4.78, 5) is 7.86. The van der Waals surface area contributed by atoms with Gasteiger partial charge < -0.3 is 9.72 Å². The predicted octanol–water partition coefficient (Wildman–Crippen LogP) is 5.56. The molecular formula is C16H14Cl2N2OS. The van der Waals surface area contributed by atoms with Crippen LogP contribution in [0, 0.1) is 0 Å². The molecule has 0 radical (unpaired) electrons. The molecule has 1 N–H and O–H groups in total. The van der Waals surface area contributed by atoms with Gasteiger partial charge in [0.25, 0.3) is 0 Å². The molecule has 3 aromatic rings. The Labute approximate surface area is 143 Å². The molecular weight excluding hydrogens is 339 g/mol. The second-order valence-electron chi connectivity index (χ2n) is 4.68. The molecule has 22 heavy (non-hydrogen) atoms. The lowest BCUT2D eigenvalue weighted by Crippen LogP contribution is -1.90. The van der Waals surface area contributed by atoms with E-state index < -0.39 is 0 Å². The summed E-state index contributed by atoms with van der Waals surface area (Å²) in [6, 6.07) is 11.4. The second-order valence-corrected chi connectivity index (χ2v) is 6.49. The molecule has 0 amide bonds. The largest absolute Gasteiger partial charge is 0.494 e. The number of aromatic nitrogens is 2. The minimum Gasteiger partial charge on any atom is -0.494 e. The lowest BCUT2D eigenvalue weighted by molar-refractivity contribution is 0.340. The van der Waals surface area contributed by atoms with E-state index in [4.69, 9.17) is 27.9 Å². The standard InChI is InChI=1S/C16H14Cl2N2OS/c1-2-21-12-5-6-14-15(8-12)20-16(19-14)22-9-10-3-4-11(17)7-13(10)18/h3-8H,2,9H2,1H3,(H,19,20). The Morgan fingerprint density at radius 1 is 1.18 bits per heavy atom. The Morgan fingerprint density at radius 2 is 2.05 bits per heavy atom. The third kappa shape index (κ3) is 3.51. The molecule has 3 nitrogen and oxygen atoms in total. The van der Waals surface area contributed by atoms with Crippen LogP contribution >= 0.6 is 35.0 Å². The number of benzene rings is 2. The van der Waals surface area contributed by atoms with Crippen LogP contribution in [0.5, 0.6) is 5.75 Å². The highest BCUT2D eigenvalue weighted by Crippen LogP contribution is 2.29. The number of thioether (sulfide) groups is 1. The van der Waals surface area contributed by atoms with Crippen molar-refractivity contribution in [2.45, 2.75) is 17.8 Å². The molecule has 6 heteroatoms. The van der Waals surface area contributed by atoms with E-state index in [1.165, 1.54) is 0 Å². The minimum atomic E-state index is 0.644. The van der Waals surface area contributed by atoms with E-state index in [0.717, 1.165) is 33.3 Å². The van der Waals surface area contributed by atoms with E-state index in [-0.39, 0.29) is 0 Å². The first-order valence-electron chi connectivity index (χ1n) is 6.85. The molecule has 0 atom stereocenters. The van der Waals surface area contributed by atoms with Crippen LogP contribution in [0.4, 0.5) is 0 Å². The van der Waals surface area contributed by atoms with Crippen LogP contribution in [0.3, 0.4) is 0 Å². The summed E-state index contributed by atoms with van der Waals surface area (Å²) in [5, 5.41) is 2.18. The van der Waals surface area contributed by atoms with Crippen LogP contribution in [-0.2, 0) is 5.75 Å². The third-order valence-electron chi connectivity index (χ3n) is 3.12. The highest BCUT2D eigenvalue weighted by Gasteiger charge is 2.07. The molecule has 0 saturated carbocycles. The Bertz CT molecular complexity index is 804. The Hall–Kier alpha value is -1.36. The van der Waals surface area contributed by atoms with Gasteiger partial charge in [-0.2, -0.15) is 0 Å². The third-order valence-corrected chi connectivity index (χ3v) is 4.63. The number of fused-ring (bicyclic) bond motifs is 1. The topological polar surface area (TPSA) is 37.9 Å². The van der Waals surface area contributed by atoms with Crippen molar-refractivity contribution < 1.29 is 4.74 Å². The highest BCUT2D eigenvalue weighted by molar-refractivity contribution is 7.98. The van der Waals surface area contributed by atoms with E-state index in [0.29, 0.717) is 16.7 Å². The van der Waals surface area contributed by atoms with E-state index in [9.17, 15) is 0 Å². The maximum Gasteiger partial charge on any atom is 0.166 e. The number of halogens is 2. The van der Waals surface area contributed by atoms with Gasteiger partial charge in [0.15, 0.2) is 5.16 Å². The Morgan fingerprint density at radius 3 is 2.82 bits per heavy atom. The summed E-state index contributed by atoms with van der Waals surface area (Å²) in [6.45, 7) is 2.62. The summed E-state index contributed by atoms with van der Waals surface area (Å²) in [6.07, 6.45) is 0. The molecule has 0 saturated heterocycles. The first-order valence-corrected chi connectivity index (χ1v) is 8.59. The molecule has 0 bridgehead atoms. The van der Waals surface area contributed by atoms with Gasteiger partial charge >= 0.3 is 0 Å². The van der Waals surface area contributed by atoms with Crippen LogP contribution in [0.15, 0.2) is 41.6 Å². The van der Waals surface area contributed by atoms with Gasteiger partial charge in [0.05, 0.1) is 17.6 Å². The molecule has 0 aliphatic heterocycles. The SMILES string of the molecule is CCOc1ccc2nc(SCc3ccc(Cl)cc3Cl)[nH]c2c1. The molecule has 0 spiro atoms. The molecule has 2 aromatic carbocycles. The number of H-pyrrole nitrogens is 1. The van der Waals surface area contributed by atoms with E-state index >= 15 is 0 Å². The molecule has 0 aliphatic carbocycles. The second kappa shape index (κ2) is 6.82. The zero-order chi connectivity index (χ0) is 15.5. The molecule has 0 unspecified atom stereocenters. The van der Waals surface area contributed by atoms with Crippen molar-refractivity contribution >= 4 is 46.0 Å². The Balaban J connectivity index is 1.76. The van der Waals surface area contributed by atoms with Crippen molar-refractivity contribution in [1.29, 1.82) is 0 Å². The number of aromatic amines is 1. The van der Waals surface area contributed by atoms with Crippen molar-refractivity contribution in [2.24, 2.45) is 0 Å². The molecule has 114 valence electrons. The highest BCUT2D eigenvalue weighted by atomic mass is 35.5. The quantitative estimate of drug-likeness (QED) is 0.610. The number of imidazole rings is 1. The van der Waals surface area contributed by atoms with Crippen LogP contribution in [0.1, 0.15) is 12.5 Å². The van der Waals surface area contributed by atoms with Crippen molar-refractivity contribution in [3.63, 3.8) is 0 Å². The zero-order valence-electron chi connectivity index (χ0n) is 11.9. The van der Waals surface area contributed by atoms with Gasteiger partial charge in [-0.05, 0) is 36.8 Å². The monoisotopic (exact) mass is 352 g/mol.